The zero-order valence-electron chi connectivity index (χ0n) is 14.7. The molecule has 3 aromatic rings. The lowest BCUT2D eigenvalue weighted by atomic mass is 10.2. The van der Waals surface area contributed by atoms with Gasteiger partial charge in [0.25, 0.3) is 5.91 Å². The van der Waals surface area contributed by atoms with Gasteiger partial charge >= 0.3 is 0 Å². The molecule has 0 spiro atoms. The van der Waals surface area contributed by atoms with Crippen molar-refractivity contribution in [2.24, 2.45) is 0 Å². The molecule has 2 aromatic carbocycles. The fraction of sp³-hybridized carbons (Fsp3) is 0.0526. The molecule has 9 heteroatoms. The molecule has 28 heavy (non-hydrogen) atoms. The topological polar surface area (TPSA) is 96.0 Å². The van der Waals surface area contributed by atoms with Gasteiger partial charge in [-0.3, -0.25) is 9.59 Å². The highest BCUT2D eigenvalue weighted by molar-refractivity contribution is 6.31. The molecule has 0 aliphatic carbocycles. The van der Waals surface area contributed by atoms with Crippen LogP contribution in [-0.2, 0) is 4.79 Å². The molecule has 0 aliphatic heterocycles. The van der Waals surface area contributed by atoms with Crippen molar-refractivity contribution >= 4 is 46.3 Å². The average molecular weight is 400 g/mol. The van der Waals surface area contributed by atoms with Crippen molar-refractivity contribution in [3.8, 4) is 0 Å². The fourth-order valence-electron chi connectivity index (χ4n) is 2.30. The summed E-state index contributed by atoms with van der Waals surface area (Å²) in [5.41, 5.74) is 1.76. The smallest absolute Gasteiger partial charge is 0.275 e. The van der Waals surface area contributed by atoms with Crippen molar-refractivity contribution in [2.75, 3.05) is 16.0 Å². The third kappa shape index (κ3) is 5.01. The van der Waals surface area contributed by atoms with Crippen LogP contribution in [0.5, 0.6) is 0 Å². The number of benzene rings is 2. The van der Waals surface area contributed by atoms with E-state index >= 15 is 0 Å². The van der Waals surface area contributed by atoms with Gasteiger partial charge in [-0.2, -0.15) is 0 Å². The second kappa shape index (κ2) is 8.45. The number of nitrogens with zero attached hydrogens (tertiary/aromatic N) is 2. The minimum atomic E-state index is -0.572. The van der Waals surface area contributed by atoms with E-state index in [0.717, 1.165) is 6.07 Å². The zero-order chi connectivity index (χ0) is 20.1. The number of hydrogen-bond acceptors (Lipinski definition) is 5. The average Bonchev–Trinajstić information content (AvgIpc) is 2.65. The van der Waals surface area contributed by atoms with Crippen LogP contribution in [0.3, 0.4) is 0 Å². The zero-order valence-corrected chi connectivity index (χ0v) is 15.4. The number of carbonyl (C=O) groups excluding carboxylic acids is 2. The van der Waals surface area contributed by atoms with Crippen molar-refractivity contribution < 1.29 is 14.0 Å². The number of rotatable bonds is 5. The van der Waals surface area contributed by atoms with Gasteiger partial charge in [-0.25, -0.2) is 14.4 Å². The molecule has 0 fully saturated rings. The molecule has 0 aliphatic rings. The van der Waals surface area contributed by atoms with Gasteiger partial charge in [0.2, 0.25) is 5.91 Å². The summed E-state index contributed by atoms with van der Waals surface area (Å²) < 4.78 is 13.2. The first-order valence-corrected chi connectivity index (χ1v) is 8.51. The van der Waals surface area contributed by atoms with E-state index in [1.54, 1.807) is 24.3 Å². The van der Waals surface area contributed by atoms with Crippen LogP contribution in [-0.4, -0.2) is 21.8 Å². The highest BCUT2D eigenvalue weighted by atomic mass is 35.5. The fourth-order valence-corrected chi connectivity index (χ4v) is 2.49. The lowest BCUT2D eigenvalue weighted by Crippen LogP contribution is -2.14. The largest absolute Gasteiger partial charge is 0.339 e. The van der Waals surface area contributed by atoms with E-state index in [2.05, 4.69) is 25.9 Å². The van der Waals surface area contributed by atoms with Gasteiger partial charge < -0.3 is 16.0 Å². The Morgan fingerprint density at radius 3 is 2.39 bits per heavy atom. The molecule has 0 unspecified atom stereocenters. The maximum atomic E-state index is 13.2. The van der Waals surface area contributed by atoms with Crippen LogP contribution in [0.4, 0.5) is 27.3 Å². The van der Waals surface area contributed by atoms with Crippen LogP contribution in [0.25, 0.3) is 0 Å². The molecule has 0 radical (unpaired) electrons. The van der Waals surface area contributed by atoms with Gasteiger partial charge in [0, 0.05) is 24.0 Å². The highest BCUT2D eigenvalue weighted by Crippen LogP contribution is 2.20. The third-order valence-corrected chi connectivity index (χ3v) is 3.81. The van der Waals surface area contributed by atoms with Crippen molar-refractivity contribution in [3.63, 3.8) is 0 Å². The Morgan fingerprint density at radius 1 is 0.964 bits per heavy atom. The SMILES string of the molecule is CC(=O)Nc1cccc(Nc2cnc(C(=O)Nc3ccc(F)c(Cl)c3)cn2)c1. The summed E-state index contributed by atoms with van der Waals surface area (Å²) in [6.45, 7) is 1.43. The van der Waals surface area contributed by atoms with E-state index in [9.17, 15) is 14.0 Å². The van der Waals surface area contributed by atoms with Gasteiger partial charge in [-0.05, 0) is 36.4 Å². The molecular formula is C19H15ClFN5O2. The van der Waals surface area contributed by atoms with E-state index in [-0.39, 0.29) is 16.6 Å². The summed E-state index contributed by atoms with van der Waals surface area (Å²) in [7, 11) is 0. The van der Waals surface area contributed by atoms with E-state index in [0.29, 0.717) is 22.9 Å². The molecule has 0 saturated carbocycles. The summed E-state index contributed by atoms with van der Waals surface area (Å²) in [6.07, 6.45) is 2.71. The Labute approximate surface area is 165 Å². The number of hydrogen-bond donors (Lipinski definition) is 3. The van der Waals surface area contributed by atoms with Gasteiger partial charge in [0.1, 0.15) is 17.3 Å². The minimum Gasteiger partial charge on any atom is -0.339 e. The third-order valence-electron chi connectivity index (χ3n) is 3.52. The van der Waals surface area contributed by atoms with Crippen molar-refractivity contribution in [1.82, 2.24) is 9.97 Å². The number of halogens is 2. The van der Waals surface area contributed by atoms with Crippen LogP contribution in [0, 0.1) is 5.82 Å². The first kappa shape index (κ1) is 19.2. The Morgan fingerprint density at radius 2 is 1.71 bits per heavy atom. The highest BCUT2D eigenvalue weighted by Gasteiger charge is 2.10. The molecule has 0 saturated heterocycles. The standard InChI is InChI=1S/C19H15ClFN5O2/c1-11(27)24-12-3-2-4-13(7-12)25-18-10-22-17(9-23-18)19(28)26-14-5-6-16(21)15(20)8-14/h2-10H,1H3,(H,23,25)(H,24,27)(H,26,28). The van der Waals surface area contributed by atoms with Crippen molar-refractivity contribution in [3.05, 3.63) is 71.4 Å². The Hall–Kier alpha value is -3.52. The predicted octanol–water partition coefficient (Wildman–Crippen LogP) is 4.22. The van der Waals surface area contributed by atoms with Crippen LogP contribution in [0.15, 0.2) is 54.9 Å². The number of anilines is 4. The molecular weight excluding hydrogens is 385 g/mol. The minimum absolute atomic E-state index is 0.0815. The van der Waals surface area contributed by atoms with Crippen LogP contribution in [0.2, 0.25) is 5.02 Å². The molecule has 1 heterocycles. The van der Waals surface area contributed by atoms with E-state index < -0.39 is 11.7 Å². The normalized spacial score (nSPS) is 10.2. The summed E-state index contributed by atoms with van der Waals surface area (Å²) in [4.78, 5) is 31.6. The Balaban J connectivity index is 1.66. The second-order valence-corrected chi connectivity index (χ2v) is 6.16. The molecule has 3 rings (SSSR count). The molecule has 0 bridgehead atoms. The number of nitrogens with one attached hydrogen (secondary N) is 3. The molecule has 1 aromatic heterocycles. The Kier molecular flexibility index (Phi) is 5.81. The maximum Gasteiger partial charge on any atom is 0.275 e. The maximum absolute atomic E-state index is 13.2. The van der Waals surface area contributed by atoms with E-state index in [1.807, 2.05) is 0 Å². The van der Waals surface area contributed by atoms with Gasteiger partial charge in [0.15, 0.2) is 0 Å². The summed E-state index contributed by atoms with van der Waals surface area (Å²) in [5, 5.41) is 8.19. The lowest BCUT2D eigenvalue weighted by molar-refractivity contribution is -0.114. The van der Waals surface area contributed by atoms with E-state index in [4.69, 9.17) is 11.6 Å². The number of amides is 2. The van der Waals surface area contributed by atoms with Gasteiger partial charge in [0.05, 0.1) is 17.4 Å². The predicted molar refractivity (Wildman–Crippen MR) is 105 cm³/mol. The van der Waals surface area contributed by atoms with Crippen LogP contribution < -0.4 is 16.0 Å². The number of aromatic nitrogens is 2. The molecule has 2 amide bonds. The van der Waals surface area contributed by atoms with Gasteiger partial charge in [-0.1, -0.05) is 17.7 Å². The van der Waals surface area contributed by atoms with Crippen molar-refractivity contribution in [1.29, 1.82) is 0 Å². The molecule has 0 atom stereocenters. The first-order valence-electron chi connectivity index (χ1n) is 8.14. The summed E-state index contributed by atoms with van der Waals surface area (Å²) >= 11 is 5.69. The molecule has 142 valence electrons. The summed E-state index contributed by atoms with van der Waals surface area (Å²) in [6, 6.07) is 10.9. The second-order valence-electron chi connectivity index (χ2n) is 5.76. The van der Waals surface area contributed by atoms with Crippen LogP contribution in [0.1, 0.15) is 17.4 Å². The quantitative estimate of drug-likeness (QED) is 0.596. The molecule has 3 N–H and O–H groups in total. The molecule has 7 nitrogen and oxygen atoms in total. The lowest BCUT2D eigenvalue weighted by Gasteiger charge is -2.09. The van der Waals surface area contributed by atoms with Crippen LogP contribution >= 0.6 is 11.6 Å². The van der Waals surface area contributed by atoms with E-state index in [1.165, 1.54) is 31.5 Å². The van der Waals surface area contributed by atoms with Gasteiger partial charge in [-0.15, -0.1) is 0 Å². The number of carbonyl (C=O) groups is 2. The Bertz CT molecular complexity index is 1030. The monoisotopic (exact) mass is 399 g/mol. The first-order chi connectivity index (χ1) is 13.4. The summed E-state index contributed by atoms with van der Waals surface area (Å²) in [5.74, 6) is -0.831. The van der Waals surface area contributed by atoms with Crippen molar-refractivity contribution in [2.45, 2.75) is 6.92 Å².